The molecule has 3 aromatic rings. The van der Waals surface area contributed by atoms with Crippen molar-refractivity contribution in [1.82, 2.24) is 14.5 Å². The number of hydrogen-bond donors (Lipinski definition) is 1. The fourth-order valence-electron chi connectivity index (χ4n) is 4.75. The van der Waals surface area contributed by atoms with Gasteiger partial charge in [-0.1, -0.05) is 36.4 Å². The molecule has 0 aliphatic carbocycles. The molecule has 1 fully saturated rings. The number of carbonyl (C=O) groups is 2. The summed E-state index contributed by atoms with van der Waals surface area (Å²) < 4.78 is 45.8. The van der Waals surface area contributed by atoms with Crippen molar-refractivity contribution < 1.29 is 27.1 Å². The van der Waals surface area contributed by atoms with E-state index in [2.05, 4.69) is 5.32 Å². The Morgan fingerprint density at radius 2 is 1.51 bits per heavy atom. The highest BCUT2D eigenvalue weighted by atomic mass is 32.2. The van der Waals surface area contributed by atoms with Crippen LogP contribution in [0, 0.1) is 5.82 Å². The predicted octanol–water partition coefficient (Wildman–Crippen LogP) is 4.29. The van der Waals surface area contributed by atoms with Crippen LogP contribution in [-0.4, -0.2) is 55.7 Å². The quantitative estimate of drug-likeness (QED) is 0.345. The molecule has 0 saturated carbocycles. The molecule has 1 aliphatic heterocycles. The van der Waals surface area contributed by atoms with E-state index in [1.54, 1.807) is 50.4 Å². The Morgan fingerprint density at radius 1 is 0.927 bits per heavy atom. The van der Waals surface area contributed by atoms with Crippen molar-refractivity contribution in [1.29, 1.82) is 0 Å². The average Bonchev–Trinajstić information content (AvgIpc) is 3.55. The van der Waals surface area contributed by atoms with Crippen LogP contribution >= 0.6 is 0 Å². The molecule has 10 heteroatoms. The number of nitrogens with zero attached hydrogens (tertiary/aromatic N) is 2. The fourth-order valence-corrected chi connectivity index (χ4v) is 6.27. The first-order valence-corrected chi connectivity index (χ1v) is 15.1. The van der Waals surface area contributed by atoms with Crippen LogP contribution in [0.2, 0.25) is 0 Å². The van der Waals surface area contributed by atoms with E-state index in [1.807, 2.05) is 24.3 Å². The van der Waals surface area contributed by atoms with Gasteiger partial charge >= 0.3 is 0 Å². The zero-order chi connectivity index (χ0) is 29.4. The minimum absolute atomic E-state index is 0.121. The van der Waals surface area contributed by atoms with Crippen LogP contribution in [0.4, 0.5) is 4.39 Å². The Labute approximate surface area is 241 Å². The number of halogens is 1. The van der Waals surface area contributed by atoms with Crippen molar-refractivity contribution in [2.75, 3.05) is 20.2 Å². The summed E-state index contributed by atoms with van der Waals surface area (Å²) in [5, 5.41) is 2.89. The van der Waals surface area contributed by atoms with E-state index < -0.39 is 16.1 Å². The molecule has 41 heavy (non-hydrogen) atoms. The SMILES string of the molecule is COc1ccc(CNC(=O)[C@@H](C)N(Cc2ccc(F)cc2)C(=O)CCc2ccc(S(=O)(=O)N3CCCC3)cc2)cc1. The lowest BCUT2D eigenvalue weighted by Gasteiger charge is -2.29. The normalized spacial score (nSPS) is 14.4. The maximum absolute atomic E-state index is 13.5. The van der Waals surface area contributed by atoms with Gasteiger partial charge in [-0.15, -0.1) is 0 Å². The predicted molar refractivity (Wildman–Crippen MR) is 154 cm³/mol. The number of rotatable bonds is 12. The molecule has 1 aliphatic rings. The zero-order valence-corrected chi connectivity index (χ0v) is 24.2. The number of methoxy groups -OCH3 is 1. The van der Waals surface area contributed by atoms with E-state index >= 15 is 0 Å². The van der Waals surface area contributed by atoms with E-state index in [-0.39, 0.29) is 35.5 Å². The van der Waals surface area contributed by atoms with Crippen LogP contribution in [0.1, 0.15) is 42.9 Å². The number of sulfonamides is 1. The van der Waals surface area contributed by atoms with Crippen LogP contribution in [0.15, 0.2) is 77.7 Å². The van der Waals surface area contributed by atoms with E-state index in [4.69, 9.17) is 4.74 Å². The lowest BCUT2D eigenvalue weighted by molar-refractivity contribution is -0.140. The smallest absolute Gasteiger partial charge is 0.243 e. The van der Waals surface area contributed by atoms with Gasteiger partial charge in [-0.3, -0.25) is 9.59 Å². The maximum Gasteiger partial charge on any atom is 0.243 e. The van der Waals surface area contributed by atoms with Gasteiger partial charge in [0.2, 0.25) is 21.8 Å². The third kappa shape index (κ3) is 7.92. The first-order valence-electron chi connectivity index (χ1n) is 13.7. The number of carbonyl (C=O) groups excluding carboxylic acids is 2. The highest BCUT2D eigenvalue weighted by Gasteiger charge is 2.28. The third-order valence-electron chi connectivity index (χ3n) is 7.31. The Hall–Kier alpha value is -3.76. The van der Waals surface area contributed by atoms with Gasteiger partial charge < -0.3 is 15.0 Å². The van der Waals surface area contributed by atoms with Gasteiger partial charge in [-0.05, 0) is 79.3 Å². The van der Waals surface area contributed by atoms with Crippen LogP contribution in [-0.2, 0) is 39.1 Å². The molecule has 218 valence electrons. The van der Waals surface area contributed by atoms with Gasteiger partial charge in [0.05, 0.1) is 12.0 Å². The second kappa shape index (κ2) is 13.7. The molecule has 0 unspecified atom stereocenters. The molecule has 1 heterocycles. The van der Waals surface area contributed by atoms with Gasteiger partial charge in [0.15, 0.2) is 0 Å². The van der Waals surface area contributed by atoms with Crippen molar-refractivity contribution in [2.45, 2.75) is 56.6 Å². The van der Waals surface area contributed by atoms with Gasteiger partial charge in [-0.25, -0.2) is 12.8 Å². The van der Waals surface area contributed by atoms with Gasteiger partial charge in [0, 0.05) is 32.6 Å². The van der Waals surface area contributed by atoms with Crippen LogP contribution in [0.5, 0.6) is 5.75 Å². The first kappa shape index (κ1) is 30.2. The Balaban J connectivity index is 1.41. The average molecular weight is 582 g/mol. The zero-order valence-electron chi connectivity index (χ0n) is 23.4. The van der Waals surface area contributed by atoms with Crippen molar-refractivity contribution in [3.8, 4) is 5.75 Å². The molecule has 0 spiro atoms. The lowest BCUT2D eigenvalue weighted by atomic mass is 10.1. The molecule has 1 atom stereocenters. The molecular formula is C31H36FN3O5S. The molecule has 0 radical (unpaired) electrons. The number of nitrogens with one attached hydrogen (secondary N) is 1. The van der Waals surface area contributed by atoms with Crippen molar-refractivity contribution in [3.05, 3.63) is 95.3 Å². The van der Waals surface area contributed by atoms with E-state index in [1.165, 1.54) is 21.3 Å². The molecule has 0 bridgehead atoms. The topological polar surface area (TPSA) is 96.0 Å². The molecule has 4 rings (SSSR count). The summed E-state index contributed by atoms with van der Waals surface area (Å²) in [5.74, 6) is -0.220. The minimum Gasteiger partial charge on any atom is -0.497 e. The van der Waals surface area contributed by atoms with E-state index in [0.29, 0.717) is 37.4 Å². The minimum atomic E-state index is -3.51. The Morgan fingerprint density at radius 3 is 2.12 bits per heavy atom. The highest BCUT2D eigenvalue weighted by molar-refractivity contribution is 7.89. The van der Waals surface area contributed by atoms with Gasteiger partial charge in [-0.2, -0.15) is 4.31 Å². The molecule has 0 aromatic heterocycles. The first-order chi connectivity index (χ1) is 19.7. The van der Waals surface area contributed by atoms with Crippen LogP contribution < -0.4 is 10.1 Å². The van der Waals surface area contributed by atoms with Crippen LogP contribution in [0.25, 0.3) is 0 Å². The summed E-state index contributed by atoms with van der Waals surface area (Å²) in [6.45, 7) is 3.17. The molecule has 1 saturated heterocycles. The van der Waals surface area contributed by atoms with Crippen molar-refractivity contribution >= 4 is 21.8 Å². The number of ether oxygens (including phenoxy) is 1. The number of aryl methyl sites for hydroxylation is 1. The fraction of sp³-hybridized carbons (Fsp3) is 0.355. The van der Waals surface area contributed by atoms with E-state index in [0.717, 1.165) is 24.0 Å². The molecule has 1 N–H and O–H groups in total. The summed E-state index contributed by atoms with van der Waals surface area (Å²) in [5.41, 5.74) is 2.40. The van der Waals surface area contributed by atoms with Gasteiger partial charge in [0.25, 0.3) is 0 Å². The number of hydrogen-bond acceptors (Lipinski definition) is 5. The molecular weight excluding hydrogens is 545 g/mol. The maximum atomic E-state index is 13.5. The standard InChI is InChI=1S/C31H36FN3O5S/c1-23(31(37)33-21-25-7-14-28(40-2)15-8-25)35(22-26-5-12-27(32)13-6-26)30(36)18-11-24-9-16-29(17-10-24)41(38,39)34-19-3-4-20-34/h5-10,12-17,23H,3-4,11,18-22H2,1-2H3,(H,33,37)/t23-/m1/s1. The van der Waals surface area contributed by atoms with Crippen molar-refractivity contribution in [3.63, 3.8) is 0 Å². The van der Waals surface area contributed by atoms with Gasteiger partial charge in [0.1, 0.15) is 17.6 Å². The second-order valence-electron chi connectivity index (χ2n) is 10.1. The van der Waals surface area contributed by atoms with E-state index in [9.17, 15) is 22.4 Å². The Bertz CT molecular complexity index is 1420. The second-order valence-corrected chi connectivity index (χ2v) is 12.1. The Kier molecular flexibility index (Phi) is 10.1. The number of amides is 2. The summed E-state index contributed by atoms with van der Waals surface area (Å²) in [6.07, 6.45) is 2.23. The largest absolute Gasteiger partial charge is 0.497 e. The molecule has 8 nitrogen and oxygen atoms in total. The summed E-state index contributed by atoms with van der Waals surface area (Å²) in [6, 6.07) is 19.0. The van der Waals surface area contributed by atoms with Crippen LogP contribution in [0.3, 0.4) is 0 Å². The summed E-state index contributed by atoms with van der Waals surface area (Å²) in [7, 11) is -1.92. The third-order valence-corrected chi connectivity index (χ3v) is 9.23. The highest BCUT2D eigenvalue weighted by Crippen LogP contribution is 2.22. The molecule has 2 amide bonds. The van der Waals surface area contributed by atoms with Crippen molar-refractivity contribution in [2.24, 2.45) is 0 Å². The lowest BCUT2D eigenvalue weighted by Crippen LogP contribution is -2.47. The molecule has 3 aromatic carbocycles. The summed E-state index contributed by atoms with van der Waals surface area (Å²) in [4.78, 5) is 28.3. The number of benzene rings is 3. The summed E-state index contributed by atoms with van der Waals surface area (Å²) >= 11 is 0. The monoisotopic (exact) mass is 581 g/mol.